The summed E-state index contributed by atoms with van der Waals surface area (Å²) < 4.78 is 19.7. The Bertz CT molecular complexity index is 287. The average molecular weight is 351 g/mol. The zero-order chi connectivity index (χ0) is 18.3. The van der Waals surface area contributed by atoms with Crippen LogP contribution in [0.4, 0.5) is 0 Å². The summed E-state index contributed by atoms with van der Waals surface area (Å²) in [6.45, 7) is 20.6. The lowest BCUT2D eigenvalue weighted by molar-refractivity contribution is 0.156. The number of piperidine rings is 1. The van der Waals surface area contributed by atoms with Crippen molar-refractivity contribution in [2.75, 3.05) is 39.5 Å². The van der Waals surface area contributed by atoms with Crippen LogP contribution < -0.4 is 0 Å². The maximum absolute atomic E-state index is 12.3. The molecule has 23 heavy (non-hydrogen) atoms. The van der Waals surface area contributed by atoms with E-state index in [1.807, 2.05) is 48.5 Å². The van der Waals surface area contributed by atoms with Crippen molar-refractivity contribution in [2.45, 2.75) is 80.2 Å². The molecule has 5 heteroatoms. The van der Waals surface area contributed by atoms with Crippen LogP contribution >= 0.6 is 7.52 Å². The second kappa shape index (κ2) is 15.6. The van der Waals surface area contributed by atoms with Crippen molar-refractivity contribution in [1.29, 1.82) is 0 Å². The van der Waals surface area contributed by atoms with Crippen molar-refractivity contribution in [2.24, 2.45) is 0 Å². The van der Waals surface area contributed by atoms with Gasteiger partial charge < -0.3 is 9.42 Å². The molecule has 1 unspecified atom stereocenters. The normalized spacial score (nSPS) is 21.7. The molecule has 0 aliphatic carbocycles. The van der Waals surface area contributed by atoms with Crippen LogP contribution in [-0.2, 0) is 9.09 Å². The maximum atomic E-state index is 12.3. The van der Waals surface area contributed by atoms with Crippen LogP contribution in [0.25, 0.3) is 0 Å². The van der Waals surface area contributed by atoms with E-state index in [4.69, 9.17) is 4.52 Å². The zero-order valence-electron chi connectivity index (χ0n) is 17.1. The van der Waals surface area contributed by atoms with Gasteiger partial charge in [-0.3, -0.25) is 4.57 Å². The summed E-state index contributed by atoms with van der Waals surface area (Å²) >= 11 is 0. The highest BCUT2D eigenvalue weighted by atomic mass is 31.2. The van der Waals surface area contributed by atoms with Crippen LogP contribution in [0, 0.1) is 0 Å². The van der Waals surface area contributed by atoms with Crippen molar-refractivity contribution in [3.8, 4) is 0 Å². The highest BCUT2D eigenvalue weighted by Crippen LogP contribution is 2.48. The largest absolute Gasteiger partial charge is 0.318 e. The Labute approximate surface area is 146 Å². The van der Waals surface area contributed by atoms with Gasteiger partial charge >= 0.3 is 0 Å². The van der Waals surface area contributed by atoms with Crippen LogP contribution in [0.5, 0.6) is 0 Å². The molecule has 0 N–H and O–H groups in total. The minimum Gasteiger partial charge on any atom is -0.318 e. The van der Waals surface area contributed by atoms with E-state index < -0.39 is 7.52 Å². The van der Waals surface area contributed by atoms with E-state index in [1.165, 1.54) is 25.9 Å². The number of likely N-dealkylation sites (tertiary alicyclic amines) is 1. The molecule has 0 aromatic heterocycles. The van der Waals surface area contributed by atoms with Gasteiger partial charge in [0.15, 0.2) is 0 Å². The Balaban J connectivity index is 0. The van der Waals surface area contributed by atoms with Gasteiger partial charge in [-0.15, -0.1) is 0 Å². The third-order valence-electron chi connectivity index (χ3n) is 3.98. The average Bonchev–Trinajstić information content (AvgIpc) is 3.15. The second-order valence-corrected chi connectivity index (χ2v) is 7.58. The van der Waals surface area contributed by atoms with Crippen molar-refractivity contribution in [3.05, 3.63) is 0 Å². The SMILES string of the molecule is CC.CC.CC.CCOP(C)(=O)N1CCC(N2CCCC2)CC1. The number of nitrogens with zero attached hydrogens (tertiary/aromatic N) is 2. The lowest BCUT2D eigenvalue weighted by atomic mass is 10.1. The molecule has 0 aromatic carbocycles. The third-order valence-corrected chi connectivity index (χ3v) is 6.15. The molecular weight excluding hydrogens is 307 g/mol. The zero-order valence-corrected chi connectivity index (χ0v) is 18.0. The van der Waals surface area contributed by atoms with Gasteiger partial charge in [-0.1, -0.05) is 41.5 Å². The summed E-state index contributed by atoms with van der Waals surface area (Å²) in [5.74, 6) is 0. The smallest absolute Gasteiger partial charge is 0.269 e. The van der Waals surface area contributed by atoms with Crippen molar-refractivity contribution in [1.82, 2.24) is 9.57 Å². The Morgan fingerprint density at radius 2 is 1.35 bits per heavy atom. The molecule has 2 aliphatic heterocycles. The molecule has 0 bridgehead atoms. The summed E-state index contributed by atoms with van der Waals surface area (Å²) in [4.78, 5) is 2.61. The van der Waals surface area contributed by atoms with E-state index in [1.54, 1.807) is 6.66 Å². The molecule has 0 amide bonds. The first kappa shape index (κ1) is 25.4. The first-order chi connectivity index (χ1) is 11.1. The maximum Gasteiger partial charge on any atom is 0.269 e. The van der Waals surface area contributed by atoms with Crippen LogP contribution in [0.15, 0.2) is 0 Å². The molecule has 2 fully saturated rings. The highest BCUT2D eigenvalue weighted by Gasteiger charge is 2.32. The Morgan fingerprint density at radius 1 is 0.913 bits per heavy atom. The number of rotatable bonds is 4. The number of hydrogen-bond donors (Lipinski definition) is 0. The van der Waals surface area contributed by atoms with Gasteiger partial charge in [-0.05, 0) is 45.7 Å². The van der Waals surface area contributed by atoms with Crippen LogP contribution in [0.3, 0.4) is 0 Å². The quantitative estimate of drug-likeness (QED) is 0.628. The molecule has 0 saturated carbocycles. The molecule has 2 rings (SSSR count). The molecule has 2 aliphatic rings. The lowest BCUT2D eigenvalue weighted by Gasteiger charge is -2.38. The lowest BCUT2D eigenvalue weighted by Crippen LogP contribution is -2.42. The minimum atomic E-state index is -2.51. The van der Waals surface area contributed by atoms with E-state index in [2.05, 4.69) is 9.57 Å². The van der Waals surface area contributed by atoms with Gasteiger partial charge in [0.25, 0.3) is 7.52 Å². The van der Waals surface area contributed by atoms with Crippen molar-refractivity contribution >= 4 is 7.52 Å². The molecule has 2 saturated heterocycles. The molecule has 0 aromatic rings. The first-order valence-electron chi connectivity index (χ1n) is 9.85. The fourth-order valence-electron chi connectivity index (χ4n) is 3.01. The van der Waals surface area contributed by atoms with Gasteiger partial charge in [0.1, 0.15) is 0 Å². The Hall–Kier alpha value is 0.110. The van der Waals surface area contributed by atoms with Crippen LogP contribution in [-0.4, -0.2) is 55.1 Å². The van der Waals surface area contributed by atoms with Gasteiger partial charge in [-0.25, -0.2) is 4.67 Å². The summed E-state index contributed by atoms with van der Waals surface area (Å²) in [5, 5.41) is 0. The van der Waals surface area contributed by atoms with Gasteiger partial charge in [0.2, 0.25) is 0 Å². The summed E-state index contributed by atoms with van der Waals surface area (Å²) in [7, 11) is -2.51. The standard InChI is InChI=1S/C12H25N2O2P.3C2H6/c1-3-16-17(2,15)14-10-6-12(7-11-14)13-8-4-5-9-13;3*1-2/h12H,3-11H2,1-2H3;3*1-2H3. The fourth-order valence-corrected chi connectivity index (χ4v) is 4.61. The molecule has 142 valence electrons. The third kappa shape index (κ3) is 9.24. The van der Waals surface area contributed by atoms with E-state index >= 15 is 0 Å². The van der Waals surface area contributed by atoms with Crippen molar-refractivity contribution < 1.29 is 9.09 Å². The predicted octanol–water partition coefficient (Wildman–Crippen LogP) is 5.48. The van der Waals surface area contributed by atoms with Gasteiger partial charge in [0.05, 0.1) is 6.61 Å². The van der Waals surface area contributed by atoms with Crippen molar-refractivity contribution in [3.63, 3.8) is 0 Å². The fraction of sp³-hybridized carbons (Fsp3) is 1.00. The van der Waals surface area contributed by atoms with E-state index in [9.17, 15) is 4.57 Å². The first-order valence-corrected chi connectivity index (χ1v) is 11.9. The molecular formula is C18H43N2O2P. The van der Waals surface area contributed by atoms with Crippen LogP contribution in [0.1, 0.15) is 74.1 Å². The van der Waals surface area contributed by atoms with Crippen LogP contribution in [0.2, 0.25) is 0 Å². The summed E-state index contributed by atoms with van der Waals surface area (Å²) in [5.41, 5.74) is 0. The molecule has 1 atom stereocenters. The molecule has 2 heterocycles. The Morgan fingerprint density at radius 3 is 1.74 bits per heavy atom. The van der Waals surface area contributed by atoms with E-state index in [-0.39, 0.29) is 0 Å². The topological polar surface area (TPSA) is 32.8 Å². The second-order valence-electron chi connectivity index (χ2n) is 5.15. The summed E-state index contributed by atoms with van der Waals surface area (Å²) in [6.07, 6.45) is 4.99. The minimum absolute atomic E-state index is 0.541. The summed E-state index contributed by atoms with van der Waals surface area (Å²) in [6, 6.07) is 0.718. The number of hydrogen-bond acceptors (Lipinski definition) is 3. The Kier molecular flexibility index (Phi) is 17.2. The monoisotopic (exact) mass is 350 g/mol. The predicted molar refractivity (Wildman–Crippen MR) is 105 cm³/mol. The van der Waals surface area contributed by atoms with E-state index in [0.717, 1.165) is 32.0 Å². The molecule has 0 spiro atoms. The van der Waals surface area contributed by atoms with E-state index in [0.29, 0.717) is 6.61 Å². The molecule has 0 radical (unpaired) electrons. The van der Waals surface area contributed by atoms with Gasteiger partial charge in [-0.2, -0.15) is 0 Å². The highest BCUT2D eigenvalue weighted by molar-refractivity contribution is 7.55. The molecule has 4 nitrogen and oxygen atoms in total. The van der Waals surface area contributed by atoms with Gasteiger partial charge in [0, 0.05) is 25.8 Å².